The molecule has 12 heavy (non-hydrogen) atoms. The first kappa shape index (κ1) is 6.97. The Kier molecular flexibility index (Phi) is 1.20. The fourth-order valence-electron chi connectivity index (χ4n) is 3.38. The van der Waals surface area contributed by atoms with Crippen LogP contribution in [0.3, 0.4) is 0 Å². The molecule has 0 aliphatic heterocycles. The molecule has 0 aromatic rings. The lowest BCUT2D eigenvalue weighted by atomic mass is 9.79. The van der Waals surface area contributed by atoms with Crippen molar-refractivity contribution in [2.45, 2.75) is 11.8 Å². The van der Waals surface area contributed by atoms with Crippen molar-refractivity contribution in [3.63, 3.8) is 0 Å². The molecule has 2 saturated carbocycles. The van der Waals surface area contributed by atoms with Crippen LogP contribution >= 0.6 is 11.6 Å². The molecule has 1 nitrogen and oxygen atoms in total. The fourth-order valence-corrected chi connectivity index (χ4v) is 3.91. The van der Waals surface area contributed by atoms with E-state index in [2.05, 4.69) is 18.2 Å². The minimum absolute atomic E-state index is 0.215. The lowest BCUT2D eigenvalue weighted by molar-refractivity contribution is 0.304. The molecule has 0 heterocycles. The fraction of sp³-hybridized carbons (Fsp3) is 0.700. The minimum Gasteiger partial charge on any atom is -0.198 e. The monoisotopic (exact) mass is 179 g/mol. The van der Waals surface area contributed by atoms with Gasteiger partial charge in [0.1, 0.15) is 0 Å². The lowest BCUT2D eigenvalue weighted by Crippen LogP contribution is -2.29. The number of alkyl halides is 1. The highest BCUT2D eigenvalue weighted by molar-refractivity contribution is 6.21. The molecular weight excluding hydrogens is 170 g/mol. The number of halogens is 1. The Morgan fingerprint density at radius 1 is 1.25 bits per heavy atom. The van der Waals surface area contributed by atoms with Crippen LogP contribution < -0.4 is 0 Å². The molecule has 3 rings (SSSR count). The van der Waals surface area contributed by atoms with Gasteiger partial charge >= 0.3 is 0 Å². The molecule has 3 aliphatic carbocycles. The largest absolute Gasteiger partial charge is 0.198 e. The van der Waals surface area contributed by atoms with E-state index >= 15 is 0 Å². The number of fused-ring (bicyclic) bond motifs is 1. The third-order valence-corrected chi connectivity index (χ3v) is 4.51. The Bertz CT molecular complexity index is 291. The van der Waals surface area contributed by atoms with Crippen molar-refractivity contribution in [3.05, 3.63) is 12.2 Å². The van der Waals surface area contributed by atoms with E-state index in [-0.39, 0.29) is 11.3 Å². The highest BCUT2D eigenvalue weighted by Crippen LogP contribution is 2.60. The number of nitrogens with zero attached hydrogens (tertiary/aromatic N) is 1. The molecular formula is C10H10ClN. The summed E-state index contributed by atoms with van der Waals surface area (Å²) in [5.74, 6) is 2.53. The van der Waals surface area contributed by atoms with Crippen LogP contribution in [0.4, 0.5) is 0 Å². The Balaban J connectivity index is 2.06. The maximum absolute atomic E-state index is 8.98. The molecule has 0 radical (unpaired) electrons. The van der Waals surface area contributed by atoms with Crippen LogP contribution in [0.1, 0.15) is 6.42 Å². The maximum atomic E-state index is 8.98. The van der Waals surface area contributed by atoms with Gasteiger partial charge in [-0.1, -0.05) is 12.2 Å². The van der Waals surface area contributed by atoms with E-state index in [0.717, 1.165) is 0 Å². The van der Waals surface area contributed by atoms with Crippen LogP contribution in [-0.4, -0.2) is 5.38 Å². The van der Waals surface area contributed by atoms with Crippen LogP contribution in [0.25, 0.3) is 0 Å². The molecule has 0 aromatic carbocycles. The highest BCUT2D eigenvalue weighted by atomic mass is 35.5. The van der Waals surface area contributed by atoms with E-state index in [1.54, 1.807) is 0 Å². The summed E-state index contributed by atoms with van der Waals surface area (Å²) in [6.45, 7) is 0. The van der Waals surface area contributed by atoms with E-state index < -0.39 is 0 Å². The number of rotatable bonds is 0. The van der Waals surface area contributed by atoms with Crippen molar-refractivity contribution in [2.24, 2.45) is 29.6 Å². The first-order valence-corrected chi connectivity index (χ1v) is 4.98. The molecule has 6 atom stereocenters. The van der Waals surface area contributed by atoms with E-state index in [1.807, 2.05) is 0 Å². The van der Waals surface area contributed by atoms with Crippen LogP contribution in [-0.2, 0) is 0 Å². The molecule has 0 saturated heterocycles. The van der Waals surface area contributed by atoms with Gasteiger partial charge in [0.2, 0.25) is 0 Å². The standard InChI is InChI=1S/C10H10ClN/c11-10-6-2-1-5-7(6)3-8(10)9(5)4-12/h1-2,5-10H,3H2. The summed E-state index contributed by atoms with van der Waals surface area (Å²) >= 11 is 6.27. The molecule has 2 fully saturated rings. The molecule has 0 N–H and O–H groups in total. The molecule has 2 heteroatoms. The second-order valence-electron chi connectivity index (χ2n) is 4.20. The van der Waals surface area contributed by atoms with Crippen molar-refractivity contribution in [2.75, 3.05) is 0 Å². The van der Waals surface area contributed by atoms with Gasteiger partial charge in [0.25, 0.3) is 0 Å². The van der Waals surface area contributed by atoms with Gasteiger partial charge in [-0.15, -0.1) is 11.6 Å². The molecule has 0 amide bonds. The summed E-state index contributed by atoms with van der Waals surface area (Å²) in [6, 6.07) is 2.42. The van der Waals surface area contributed by atoms with E-state index in [0.29, 0.717) is 23.7 Å². The summed E-state index contributed by atoms with van der Waals surface area (Å²) in [5.41, 5.74) is 0. The van der Waals surface area contributed by atoms with E-state index in [1.165, 1.54) is 6.42 Å². The Labute approximate surface area is 77.0 Å². The zero-order valence-electron chi connectivity index (χ0n) is 6.65. The van der Waals surface area contributed by atoms with Gasteiger partial charge in [-0.05, 0) is 30.1 Å². The predicted molar refractivity (Wildman–Crippen MR) is 46.5 cm³/mol. The number of nitriles is 1. The van der Waals surface area contributed by atoms with Crippen molar-refractivity contribution in [1.82, 2.24) is 0 Å². The zero-order valence-corrected chi connectivity index (χ0v) is 7.41. The highest BCUT2D eigenvalue weighted by Gasteiger charge is 2.58. The quantitative estimate of drug-likeness (QED) is 0.413. The van der Waals surface area contributed by atoms with Crippen LogP contribution in [0, 0.1) is 40.9 Å². The third-order valence-electron chi connectivity index (χ3n) is 3.89. The first-order chi connectivity index (χ1) is 5.83. The lowest BCUT2D eigenvalue weighted by Gasteiger charge is -2.27. The van der Waals surface area contributed by atoms with Gasteiger partial charge in [-0.25, -0.2) is 0 Å². The maximum Gasteiger partial charge on any atom is 0.0665 e. The summed E-state index contributed by atoms with van der Waals surface area (Å²) < 4.78 is 0. The Hall–Kier alpha value is -0.480. The number of hydrogen-bond acceptors (Lipinski definition) is 1. The van der Waals surface area contributed by atoms with Gasteiger partial charge in [0, 0.05) is 5.38 Å². The second kappa shape index (κ2) is 2.06. The van der Waals surface area contributed by atoms with Crippen molar-refractivity contribution in [1.29, 1.82) is 5.26 Å². The van der Waals surface area contributed by atoms with Crippen LogP contribution in [0.5, 0.6) is 0 Å². The molecule has 0 spiro atoms. The zero-order chi connectivity index (χ0) is 8.29. The molecule has 62 valence electrons. The van der Waals surface area contributed by atoms with Gasteiger partial charge in [0.05, 0.1) is 12.0 Å². The SMILES string of the molecule is N#CC1C2C=CC3C(Cl)C1CC32. The normalized spacial score (nSPS) is 59.3. The van der Waals surface area contributed by atoms with Crippen molar-refractivity contribution < 1.29 is 0 Å². The predicted octanol–water partition coefficient (Wildman–Crippen LogP) is 2.19. The average molecular weight is 180 g/mol. The summed E-state index contributed by atoms with van der Waals surface area (Å²) in [4.78, 5) is 0. The number of hydrogen-bond donors (Lipinski definition) is 0. The van der Waals surface area contributed by atoms with Gasteiger partial charge < -0.3 is 0 Å². The molecule has 3 aliphatic rings. The second-order valence-corrected chi connectivity index (χ2v) is 4.71. The molecule has 2 bridgehead atoms. The average Bonchev–Trinajstić information content (AvgIpc) is 2.62. The van der Waals surface area contributed by atoms with Gasteiger partial charge in [-0.3, -0.25) is 0 Å². The van der Waals surface area contributed by atoms with Crippen molar-refractivity contribution in [3.8, 4) is 6.07 Å². The van der Waals surface area contributed by atoms with Crippen molar-refractivity contribution >= 4 is 11.6 Å². The summed E-state index contributed by atoms with van der Waals surface area (Å²) in [5, 5.41) is 9.23. The Morgan fingerprint density at radius 3 is 2.75 bits per heavy atom. The number of allylic oxidation sites excluding steroid dienone is 2. The topological polar surface area (TPSA) is 23.8 Å². The van der Waals surface area contributed by atoms with Gasteiger partial charge in [-0.2, -0.15) is 5.26 Å². The third kappa shape index (κ3) is 0.580. The van der Waals surface area contributed by atoms with E-state index in [9.17, 15) is 0 Å². The van der Waals surface area contributed by atoms with Crippen LogP contribution in [0.15, 0.2) is 12.2 Å². The van der Waals surface area contributed by atoms with Gasteiger partial charge in [0.15, 0.2) is 0 Å². The molecule has 6 unspecified atom stereocenters. The summed E-state index contributed by atoms with van der Waals surface area (Å²) in [7, 11) is 0. The first-order valence-electron chi connectivity index (χ1n) is 4.55. The van der Waals surface area contributed by atoms with Crippen LogP contribution in [0.2, 0.25) is 0 Å². The smallest absolute Gasteiger partial charge is 0.0665 e. The van der Waals surface area contributed by atoms with E-state index in [4.69, 9.17) is 16.9 Å². The Morgan fingerprint density at radius 2 is 2.00 bits per heavy atom. The summed E-state index contributed by atoms with van der Waals surface area (Å²) in [6.07, 6.45) is 5.66. The minimum atomic E-state index is 0.215. The molecule has 0 aromatic heterocycles.